The molecular weight excluding hydrogens is 316 g/mol. The predicted octanol–water partition coefficient (Wildman–Crippen LogP) is 1.35. The third-order valence-electron chi connectivity index (χ3n) is 3.08. The summed E-state index contributed by atoms with van der Waals surface area (Å²) in [5, 5.41) is 20.7. The summed E-state index contributed by atoms with van der Waals surface area (Å²) in [6.07, 6.45) is 0.0119. The molecule has 1 unspecified atom stereocenters. The number of nitro benzene ring substituents is 1. The molecule has 1 aliphatic rings. The molecule has 7 heteroatoms. The first-order valence-electron chi connectivity index (χ1n) is 5.83. The van der Waals surface area contributed by atoms with E-state index in [0.717, 1.165) is 5.56 Å². The van der Waals surface area contributed by atoms with E-state index < -0.39 is 11.0 Å². The van der Waals surface area contributed by atoms with Crippen LogP contribution in [0.4, 0.5) is 5.69 Å². The molecule has 0 saturated carbocycles. The number of carbonyl (C=O) groups is 1. The van der Waals surface area contributed by atoms with E-state index in [1.807, 2.05) is 0 Å². The van der Waals surface area contributed by atoms with Crippen molar-refractivity contribution in [1.29, 1.82) is 0 Å². The third kappa shape index (κ3) is 2.93. The average molecular weight is 329 g/mol. The van der Waals surface area contributed by atoms with Crippen molar-refractivity contribution in [2.75, 3.05) is 18.4 Å². The first-order chi connectivity index (χ1) is 9.02. The Labute approximate surface area is 118 Å². The molecule has 1 atom stereocenters. The van der Waals surface area contributed by atoms with E-state index in [1.165, 1.54) is 17.0 Å². The zero-order chi connectivity index (χ0) is 14.0. The normalized spacial score (nSPS) is 16.1. The molecule has 0 aromatic heterocycles. The fourth-order valence-electron chi connectivity index (χ4n) is 2.10. The van der Waals surface area contributed by atoms with Crippen molar-refractivity contribution < 1.29 is 14.8 Å². The van der Waals surface area contributed by atoms with Crippen LogP contribution < -0.4 is 0 Å². The largest absolute Gasteiger partial charge is 0.390 e. The van der Waals surface area contributed by atoms with Gasteiger partial charge < -0.3 is 10.0 Å². The molecule has 102 valence electrons. The van der Waals surface area contributed by atoms with Crippen LogP contribution in [-0.2, 0) is 6.42 Å². The summed E-state index contributed by atoms with van der Waals surface area (Å²) in [4.78, 5) is 24.0. The molecule has 1 heterocycles. The van der Waals surface area contributed by atoms with Gasteiger partial charge in [-0.3, -0.25) is 14.9 Å². The predicted molar refractivity (Wildman–Crippen MR) is 72.5 cm³/mol. The Morgan fingerprint density at radius 2 is 2.26 bits per heavy atom. The molecule has 6 nitrogen and oxygen atoms in total. The minimum Gasteiger partial charge on any atom is -0.390 e. The highest BCUT2D eigenvalue weighted by Crippen LogP contribution is 2.24. The molecule has 1 aliphatic heterocycles. The van der Waals surface area contributed by atoms with Gasteiger partial charge in [0, 0.05) is 36.1 Å². The maximum absolute atomic E-state index is 12.2. The fourth-order valence-corrected chi connectivity index (χ4v) is 2.30. The molecule has 1 aromatic rings. The molecule has 0 fully saturated rings. The molecular formula is C12H13BrN2O4. The number of nitrogens with zero attached hydrogens (tertiary/aromatic N) is 2. The Balaban J connectivity index is 2.26. The molecule has 19 heavy (non-hydrogen) atoms. The second-order valence-electron chi connectivity index (χ2n) is 4.41. The van der Waals surface area contributed by atoms with Gasteiger partial charge in [0.15, 0.2) is 0 Å². The second-order valence-corrected chi connectivity index (χ2v) is 5.06. The summed E-state index contributed by atoms with van der Waals surface area (Å²) in [6.45, 7) is 0.750. The van der Waals surface area contributed by atoms with Crippen molar-refractivity contribution in [3.63, 3.8) is 0 Å². The summed E-state index contributed by atoms with van der Waals surface area (Å²) in [6, 6.07) is 4.35. The topological polar surface area (TPSA) is 83.7 Å². The van der Waals surface area contributed by atoms with Gasteiger partial charge in [-0.25, -0.2) is 0 Å². The van der Waals surface area contributed by atoms with Crippen molar-refractivity contribution in [2.24, 2.45) is 0 Å². The lowest BCUT2D eigenvalue weighted by atomic mass is 9.98. The lowest BCUT2D eigenvalue weighted by Gasteiger charge is -2.29. The van der Waals surface area contributed by atoms with E-state index >= 15 is 0 Å². The highest BCUT2D eigenvalue weighted by Gasteiger charge is 2.27. The van der Waals surface area contributed by atoms with E-state index in [0.29, 0.717) is 23.9 Å². The Bertz CT molecular complexity index is 520. The molecule has 1 aromatic carbocycles. The minimum absolute atomic E-state index is 0.0880. The van der Waals surface area contributed by atoms with Gasteiger partial charge in [0.1, 0.15) is 0 Å². The molecule has 0 bridgehead atoms. The monoisotopic (exact) mass is 328 g/mol. The second kappa shape index (κ2) is 5.66. The third-order valence-corrected chi connectivity index (χ3v) is 3.83. The van der Waals surface area contributed by atoms with Crippen molar-refractivity contribution in [2.45, 2.75) is 12.5 Å². The number of hydrogen-bond acceptors (Lipinski definition) is 4. The molecule has 1 N–H and O–H groups in total. The molecule has 0 saturated heterocycles. The van der Waals surface area contributed by atoms with E-state index in [2.05, 4.69) is 15.9 Å². The lowest BCUT2D eigenvalue weighted by Crippen LogP contribution is -2.42. The summed E-state index contributed by atoms with van der Waals surface area (Å²) in [7, 11) is 0. The number of aliphatic hydroxyl groups is 1. The average Bonchev–Trinajstić information content (AvgIpc) is 2.41. The van der Waals surface area contributed by atoms with Crippen LogP contribution in [0.5, 0.6) is 0 Å². The van der Waals surface area contributed by atoms with Gasteiger partial charge in [-0.15, -0.1) is 0 Å². The van der Waals surface area contributed by atoms with Crippen LogP contribution in [0, 0.1) is 10.1 Å². The number of halogens is 1. The molecule has 1 amide bonds. The number of non-ortho nitro benzene ring substituents is 1. The van der Waals surface area contributed by atoms with Crippen LogP contribution in [0.15, 0.2) is 18.2 Å². The lowest BCUT2D eigenvalue weighted by molar-refractivity contribution is -0.384. The van der Waals surface area contributed by atoms with Gasteiger partial charge in [-0.1, -0.05) is 22.0 Å². The highest BCUT2D eigenvalue weighted by atomic mass is 79.9. The first-order valence-corrected chi connectivity index (χ1v) is 6.95. The molecule has 0 spiro atoms. The van der Waals surface area contributed by atoms with Crippen LogP contribution in [-0.4, -0.2) is 45.4 Å². The number of rotatable bonds is 4. The van der Waals surface area contributed by atoms with Crippen LogP contribution >= 0.6 is 15.9 Å². The number of amides is 1. The Morgan fingerprint density at radius 1 is 1.53 bits per heavy atom. The van der Waals surface area contributed by atoms with Gasteiger partial charge in [0.25, 0.3) is 11.6 Å². The van der Waals surface area contributed by atoms with E-state index in [4.69, 9.17) is 0 Å². The van der Waals surface area contributed by atoms with Crippen LogP contribution in [0.3, 0.4) is 0 Å². The van der Waals surface area contributed by atoms with Gasteiger partial charge >= 0.3 is 0 Å². The van der Waals surface area contributed by atoms with Crippen molar-refractivity contribution in [1.82, 2.24) is 4.90 Å². The van der Waals surface area contributed by atoms with Gasteiger partial charge in [-0.05, 0) is 12.0 Å². The number of benzene rings is 1. The van der Waals surface area contributed by atoms with Crippen molar-refractivity contribution in [3.8, 4) is 0 Å². The Morgan fingerprint density at radius 3 is 2.89 bits per heavy atom. The van der Waals surface area contributed by atoms with E-state index in [9.17, 15) is 20.0 Å². The smallest absolute Gasteiger partial charge is 0.270 e. The molecule has 2 rings (SSSR count). The molecule has 0 radical (unpaired) electrons. The van der Waals surface area contributed by atoms with Gasteiger partial charge in [0.05, 0.1) is 11.0 Å². The number of fused-ring (bicyclic) bond motifs is 1. The standard InChI is InChI=1S/C12H13BrN2O4/c13-6-10(16)7-14-4-3-8-1-2-9(15(18)19)5-11(8)12(14)17/h1-2,5,10,16H,3-4,6-7H2. The summed E-state index contributed by atoms with van der Waals surface area (Å²) in [5.41, 5.74) is 1.09. The first kappa shape index (κ1) is 14.0. The SMILES string of the molecule is O=C1c2cc([N+](=O)[O-])ccc2CCN1CC(O)CBr. The fraction of sp³-hybridized carbons (Fsp3) is 0.417. The van der Waals surface area contributed by atoms with E-state index in [-0.39, 0.29) is 18.1 Å². The zero-order valence-corrected chi connectivity index (χ0v) is 11.7. The maximum Gasteiger partial charge on any atom is 0.270 e. The Kier molecular flexibility index (Phi) is 4.16. The number of hydrogen-bond donors (Lipinski definition) is 1. The van der Waals surface area contributed by atoms with Crippen molar-refractivity contribution >= 4 is 27.5 Å². The van der Waals surface area contributed by atoms with Crippen LogP contribution in [0.25, 0.3) is 0 Å². The minimum atomic E-state index is -0.635. The maximum atomic E-state index is 12.2. The summed E-state index contributed by atoms with van der Waals surface area (Å²) in [5.74, 6) is -0.259. The molecule has 0 aliphatic carbocycles. The van der Waals surface area contributed by atoms with Gasteiger partial charge in [-0.2, -0.15) is 0 Å². The van der Waals surface area contributed by atoms with E-state index in [1.54, 1.807) is 6.07 Å². The number of carbonyl (C=O) groups excluding carboxylic acids is 1. The quantitative estimate of drug-likeness (QED) is 0.513. The Hall–Kier alpha value is -1.47. The number of nitro groups is 1. The highest BCUT2D eigenvalue weighted by molar-refractivity contribution is 9.09. The zero-order valence-electron chi connectivity index (χ0n) is 10.1. The number of β-amino-alcohol motifs (C(OH)–C–C–N with tert-alkyl or cyclic N) is 1. The number of alkyl halides is 1. The van der Waals surface area contributed by atoms with Crippen molar-refractivity contribution in [3.05, 3.63) is 39.4 Å². The summed E-state index contributed by atoms with van der Waals surface area (Å²) >= 11 is 3.15. The van der Waals surface area contributed by atoms with Crippen LogP contribution in [0.1, 0.15) is 15.9 Å². The van der Waals surface area contributed by atoms with Gasteiger partial charge in [0.2, 0.25) is 0 Å². The summed E-state index contributed by atoms with van der Waals surface area (Å²) < 4.78 is 0. The number of aliphatic hydroxyl groups excluding tert-OH is 1. The van der Waals surface area contributed by atoms with Crippen LogP contribution in [0.2, 0.25) is 0 Å².